The molecule has 6 nitrogen and oxygen atoms in total. The summed E-state index contributed by atoms with van der Waals surface area (Å²) in [6.07, 6.45) is -0.235. The summed E-state index contributed by atoms with van der Waals surface area (Å²) in [6, 6.07) is 21.3. The van der Waals surface area contributed by atoms with Crippen LogP contribution in [-0.2, 0) is 21.7 Å². The van der Waals surface area contributed by atoms with Crippen LogP contribution in [-0.4, -0.2) is 5.90 Å². The molecule has 0 saturated carbocycles. The van der Waals surface area contributed by atoms with E-state index in [4.69, 9.17) is 14.9 Å². The van der Waals surface area contributed by atoms with Gasteiger partial charge < -0.3 is 9.47 Å². The Balaban J connectivity index is 2.00. The number of nitrogens with one attached hydrogen (secondary N) is 1. The molecule has 2 aliphatic rings. The zero-order chi connectivity index (χ0) is 22.4. The highest BCUT2D eigenvalue weighted by Crippen LogP contribution is 2.68. The molecule has 2 saturated heterocycles. The molecule has 1 N–H and O–H groups in total. The van der Waals surface area contributed by atoms with Crippen molar-refractivity contribution < 1.29 is 9.47 Å². The van der Waals surface area contributed by atoms with Gasteiger partial charge in [0.2, 0.25) is 17.1 Å². The van der Waals surface area contributed by atoms with E-state index in [0.29, 0.717) is 11.1 Å². The van der Waals surface area contributed by atoms with E-state index in [1.54, 1.807) is 6.92 Å². The lowest BCUT2D eigenvalue weighted by atomic mass is 9.53. The Kier molecular flexibility index (Phi) is 4.62. The zero-order valence-electron chi connectivity index (χ0n) is 17.6. The van der Waals surface area contributed by atoms with Crippen molar-refractivity contribution in [1.29, 1.82) is 21.2 Å². The number of benzene rings is 2. The molecule has 0 aromatic heterocycles. The monoisotopic (exact) mass is 410 g/mol. The van der Waals surface area contributed by atoms with Crippen LogP contribution in [0.4, 0.5) is 0 Å². The maximum Gasteiger partial charge on any atom is 0.244 e. The summed E-state index contributed by atoms with van der Waals surface area (Å²) in [5, 5.41) is 39.5. The lowest BCUT2D eigenvalue weighted by Crippen LogP contribution is -2.57. The van der Waals surface area contributed by atoms with Gasteiger partial charge in [-0.15, -0.1) is 0 Å². The average Bonchev–Trinajstić information content (AvgIpc) is 2.96. The third kappa shape index (κ3) is 2.42. The summed E-state index contributed by atoms with van der Waals surface area (Å²) < 4.78 is 12.5. The molecule has 2 aromatic carbocycles. The summed E-state index contributed by atoms with van der Waals surface area (Å²) in [5.41, 5.74) is -0.348. The van der Waals surface area contributed by atoms with Crippen LogP contribution in [0.25, 0.3) is 0 Å². The van der Waals surface area contributed by atoms with Crippen LogP contribution in [0.3, 0.4) is 0 Å². The van der Waals surface area contributed by atoms with Crippen molar-refractivity contribution in [3.05, 3.63) is 70.8 Å². The molecule has 6 heteroatoms. The highest BCUT2D eigenvalue weighted by molar-refractivity contribution is 5.89. The second-order valence-corrected chi connectivity index (χ2v) is 8.23. The van der Waals surface area contributed by atoms with Gasteiger partial charge in [0.15, 0.2) is 5.41 Å². The predicted molar refractivity (Wildman–Crippen MR) is 112 cm³/mol. The Morgan fingerprint density at radius 3 is 2.10 bits per heavy atom. The van der Waals surface area contributed by atoms with Crippen molar-refractivity contribution in [3.8, 4) is 18.2 Å². The Bertz CT molecular complexity index is 1150. The number of aryl methyl sites for hydroxylation is 2. The Morgan fingerprint density at radius 2 is 1.58 bits per heavy atom. The van der Waals surface area contributed by atoms with Gasteiger partial charge in [-0.1, -0.05) is 67.9 Å². The van der Waals surface area contributed by atoms with Gasteiger partial charge in [-0.3, -0.25) is 5.41 Å². The SMILES string of the molecule is CCc1ccc(C2OC3(c4ccc(C)cc4)OC(=N)C(C#N)(C3C)C2(C#N)C#N)cc1. The topological polar surface area (TPSA) is 114 Å². The van der Waals surface area contributed by atoms with Crippen molar-refractivity contribution in [2.75, 3.05) is 0 Å². The standard InChI is InChI=1S/C25H22N4O2/c1-4-18-7-9-19(10-8-18)21-23(13-26,14-27)24(15-28)17(3)25(30-21,31-22(24)29)20-11-5-16(2)6-12-20/h5-12,17,21,29H,4H2,1-3H3. The molecule has 2 bridgehead atoms. The minimum atomic E-state index is -1.95. The van der Waals surface area contributed by atoms with E-state index < -0.39 is 34.5 Å². The fraction of sp³-hybridized carbons (Fsp3) is 0.360. The Labute approximate surface area is 181 Å². The first-order valence-electron chi connectivity index (χ1n) is 10.2. The number of fused-ring (bicyclic) bond motifs is 2. The second-order valence-electron chi connectivity index (χ2n) is 8.23. The Hall–Kier alpha value is -3.66. The third-order valence-electron chi connectivity index (χ3n) is 6.81. The lowest BCUT2D eigenvalue weighted by molar-refractivity contribution is -0.288. The van der Waals surface area contributed by atoms with Crippen molar-refractivity contribution in [1.82, 2.24) is 0 Å². The maximum atomic E-state index is 10.3. The number of hydrogen-bond donors (Lipinski definition) is 1. The van der Waals surface area contributed by atoms with E-state index in [1.807, 2.05) is 62.4 Å². The molecular weight excluding hydrogens is 388 g/mol. The Morgan fingerprint density at radius 1 is 0.968 bits per heavy atom. The van der Waals surface area contributed by atoms with Gasteiger partial charge >= 0.3 is 0 Å². The smallest absolute Gasteiger partial charge is 0.244 e. The summed E-state index contributed by atoms with van der Waals surface area (Å²) >= 11 is 0. The summed E-state index contributed by atoms with van der Waals surface area (Å²) in [4.78, 5) is 0. The number of nitriles is 3. The molecule has 2 aromatic rings. The van der Waals surface area contributed by atoms with Gasteiger partial charge in [-0.05, 0) is 24.5 Å². The van der Waals surface area contributed by atoms with Crippen molar-refractivity contribution in [2.45, 2.75) is 39.1 Å². The van der Waals surface area contributed by atoms with Crippen LogP contribution < -0.4 is 0 Å². The van der Waals surface area contributed by atoms with Gasteiger partial charge in [0, 0.05) is 5.56 Å². The highest BCUT2D eigenvalue weighted by atomic mass is 16.7. The van der Waals surface area contributed by atoms with Gasteiger partial charge in [0.25, 0.3) is 0 Å². The van der Waals surface area contributed by atoms with Crippen LogP contribution in [0.2, 0.25) is 0 Å². The fourth-order valence-electron chi connectivity index (χ4n) is 4.88. The molecule has 4 unspecified atom stereocenters. The van der Waals surface area contributed by atoms with Crippen LogP contribution in [0.5, 0.6) is 0 Å². The van der Waals surface area contributed by atoms with E-state index in [1.165, 1.54) is 0 Å². The van der Waals surface area contributed by atoms with E-state index >= 15 is 0 Å². The second kappa shape index (κ2) is 6.95. The molecule has 4 atom stereocenters. The average molecular weight is 410 g/mol. The maximum absolute atomic E-state index is 10.3. The van der Waals surface area contributed by atoms with E-state index in [2.05, 4.69) is 18.2 Å². The number of ether oxygens (including phenoxy) is 2. The number of hydrogen-bond acceptors (Lipinski definition) is 6. The summed E-state index contributed by atoms with van der Waals surface area (Å²) in [5.74, 6) is -2.62. The molecule has 0 spiro atoms. The summed E-state index contributed by atoms with van der Waals surface area (Å²) in [7, 11) is 0. The first-order valence-corrected chi connectivity index (χ1v) is 10.2. The van der Waals surface area contributed by atoms with Gasteiger partial charge in [0.1, 0.15) is 6.10 Å². The van der Waals surface area contributed by atoms with Gasteiger partial charge in [-0.25, -0.2) is 0 Å². The molecule has 4 rings (SSSR count). The van der Waals surface area contributed by atoms with E-state index in [9.17, 15) is 15.8 Å². The fourth-order valence-corrected chi connectivity index (χ4v) is 4.88. The van der Waals surface area contributed by atoms with Gasteiger partial charge in [-0.2, -0.15) is 15.8 Å². The summed E-state index contributed by atoms with van der Waals surface area (Å²) in [6.45, 7) is 5.71. The van der Waals surface area contributed by atoms with Crippen molar-refractivity contribution in [3.63, 3.8) is 0 Å². The minimum absolute atomic E-state index is 0.404. The van der Waals surface area contributed by atoms with Crippen LogP contribution in [0.1, 0.15) is 42.2 Å². The van der Waals surface area contributed by atoms with Crippen molar-refractivity contribution in [2.24, 2.45) is 16.7 Å². The molecule has 31 heavy (non-hydrogen) atoms. The number of rotatable bonds is 3. The van der Waals surface area contributed by atoms with Crippen molar-refractivity contribution >= 4 is 5.90 Å². The lowest BCUT2D eigenvalue weighted by Gasteiger charge is -2.48. The molecule has 2 aliphatic heterocycles. The van der Waals surface area contributed by atoms with E-state index in [-0.39, 0.29) is 0 Å². The van der Waals surface area contributed by atoms with Crippen LogP contribution >= 0.6 is 0 Å². The van der Waals surface area contributed by atoms with E-state index in [0.717, 1.165) is 17.5 Å². The molecule has 0 aliphatic carbocycles. The first kappa shape index (κ1) is 20.6. The molecular formula is C25H22N4O2. The molecule has 0 amide bonds. The van der Waals surface area contributed by atoms with Crippen LogP contribution in [0, 0.1) is 63.1 Å². The third-order valence-corrected chi connectivity index (χ3v) is 6.81. The highest BCUT2D eigenvalue weighted by Gasteiger charge is 2.79. The number of nitrogens with zero attached hydrogens (tertiary/aromatic N) is 3. The predicted octanol–water partition coefficient (Wildman–Crippen LogP) is 4.67. The normalized spacial score (nSPS) is 30.5. The minimum Gasteiger partial charge on any atom is -0.443 e. The molecule has 2 fully saturated rings. The zero-order valence-corrected chi connectivity index (χ0v) is 17.6. The van der Waals surface area contributed by atoms with Gasteiger partial charge in [0.05, 0.1) is 24.1 Å². The molecule has 2 heterocycles. The largest absolute Gasteiger partial charge is 0.443 e. The first-order chi connectivity index (χ1) is 14.8. The quantitative estimate of drug-likeness (QED) is 0.790. The molecule has 0 radical (unpaired) electrons. The van der Waals surface area contributed by atoms with Crippen LogP contribution in [0.15, 0.2) is 48.5 Å². The molecule has 154 valence electrons.